The highest BCUT2D eigenvalue weighted by atomic mass is 79.9. The molecule has 100 valence electrons. The third kappa shape index (κ3) is 3.97. The summed E-state index contributed by atoms with van der Waals surface area (Å²) in [6.45, 7) is 2.96. The second kappa shape index (κ2) is 7.12. The third-order valence-corrected chi connectivity index (χ3v) is 3.58. The number of halogens is 2. The molecular weight excluding hydrogens is 316 g/mol. The van der Waals surface area contributed by atoms with Crippen LogP contribution in [0.3, 0.4) is 0 Å². The molecule has 1 aromatic rings. The summed E-state index contributed by atoms with van der Waals surface area (Å²) in [5, 5.41) is 6.25. The zero-order chi connectivity index (χ0) is 12.3. The van der Waals surface area contributed by atoms with E-state index in [0.717, 1.165) is 29.4 Å². The number of carbonyl (C=O) groups is 1. The highest BCUT2D eigenvalue weighted by Crippen LogP contribution is 2.18. The quantitative estimate of drug-likeness (QED) is 0.893. The number of benzene rings is 1. The van der Waals surface area contributed by atoms with E-state index in [0.29, 0.717) is 0 Å². The molecule has 0 aromatic heterocycles. The summed E-state index contributed by atoms with van der Waals surface area (Å²) in [5.74, 6) is 0.106. The molecular formula is C13H18BrClN2O. The van der Waals surface area contributed by atoms with Gasteiger partial charge in [0.2, 0.25) is 5.91 Å². The fourth-order valence-corrected chi connectivity index (χ4v) is 2.50. The van der Waals surface area contributed by atoms with Gasteiger partial charge in [-0.25, -0.2) is 0 Å². The van der Waals surface area contributed by atoms with Crippen molar-refractivity contribution >= 4 is 34.2 Å². The summed E-state index contributed by atoms with van der Waals surface area (Å²) in [6.07, 6.45) is 2.03. The van der Waals surface area contributed by atoms with Gasteiger partial charge in [-0.15, -0.1) is 12.4 Å². The Morgan fingerprint density at radius 3 is 2.94 bits per heavy atom. The Morgan fingerprint density at radius 2 is 2.33 bits per heavy atom. The zero-order valence-corrected chi connectivity index (χ0v) is 12.7. The monoisotopic (exact) mass is 332 g/mol. The van der Waals surface area contributed by atoms with E-state index < -0.39 is 0 Å². The van der Waals surface area contributed by atoms with E-state index >= 15 is 0 Å². The van der Waals surface area contributed by atoms with E-state index in [1.54, 1.807) is 0 Å². The molecule has 1 saturated heterocycles. The van der Waals surface area contributed by atoms with Crippen LogP contribution in [0.25, 0.3) is 0 Å². The number of carbonyl (C=O) groups excluding carboxylic acids is 1. The molecule has 0 radical (unpaired) electrons. The Hall–Kier alpha value is -0.580. The topological polar surface area (TPSA) is 41.1 Å². The zero-order valence-electron chi connectivity index (χ0n) is 10.3. The first-order chi connectivity index (χ1) is 8.16. The lowest BCUT2D eigenvalue weighted by molar-refractivity contribution is -0.123. The SMILES string of the molecule is CC(NC(=O)C1CCCN1)c1cccc(Br)c1.Cl. The molecule has 2 rings (SSSR count). The maximum Gasteiger partial charge on any atom is 0.237 e. The largest absolute Gasteiger partial charge is 0.348 e. The van der Waals surface area contributed by atoms with Crippen LogP contribution in [0.1, 0.15) is 31.4 Å². The minimum atomic E-state index is -0.00963. The standard InChI is InChI=1S/C13H17BrN2O.ClH/c1-9(10-4-2-5-11(14)8-10)16-13(17)12-6-3-7-15-12;/h2,4-5,8-9,12,15H,3,6-7H2,1H3,(H,16,17);1H. The second-order valence-corrected chi connectivity index (χ2v) is 5.35. The van der Waals surface area contributed by atoms with Gasteiger partial charge in [-0.2, -0.15) is 0 Å². The van der Waals surface area contributed by atoms with Crippen LogP contribution < -0.4 is 10.6 Å². The average Bonchev–Trinajstić information content (AvgIpc) is 2.82. The van der Waals surface area contributed by atoms with E-state index in [4.69, 9.17) is 0 Å². The van der Waals surface area contributed by atoms with E-state index in [9.17, 15) is 4.79 Å². The van der Waals surface area contributed by atoms with Crippen LogP contribution in [0, 0.1) is 0 Å². The maximum atomic E-state index is 11.9. The minimum absolute atomic E-state index is 0. The highest BCUT2D eigenvalue weighted by molar-refractivity contribution is 9.10. The molecule has 3 nitrogen and oxygen atoms in total. The van der Waals surface area contributed by atoms with Crippen molar-refractivity contribution in [3.05, 3.63) is 34.3 Å². The number of hydrogen-bond donors (Lipinski definition) is 2. The number of nitrogens with one attached hydrogen (secondary N) is 2. The van der Waals surface area contributed by atoms with E-state index in [1.807, 2.05) is 31.2 Å². The van der Waals surface area contributed by atoms with Crippen molar-refractivity contribution in [1.82, 2.24) is 10.6 Å². The Labute approximate surface area is 122 Å². The van der Waals surface area contributed by atoms with Crippen molar-refractivity contribution in [2.75, 3.05) is 6.54 Å². The van der Waals surface area contributed by atoms with Crippen LogP contribution in [0.5, 0.6) is 0 Å². The van der Waals surface area contributed by atoms with Crippen LogP contribution >= 0.6 is 28.3 Å². The summed E-state index contributed by atoms with van der Waals surface area (Å²) in [5.41, 5.74) is 1.12. The van der Waals surface area contributed by atoms with Crippen molar-refractivity contribution in [1.29, 1.82) is 0 Å². The Morgan fingerprint density at radius 1 is 1.56 bits per heavy atom. The smallest absolute Gasteiger partial charge is 0.237 e. The molecule has 1 heterocycles. The van der Waals surface area contributed by atoms with Gasteiger partial charge in [0.05, 0.1) is 12.1 Å². The van der Waals surface area contributed by atoms with Gasteiger partial charge in [0.1, 0.15) is 0 Å². The Bertz CT molecular complexity index is 408. The van der Waals surface area contributed by atoms with Crippen molar-refractivity contribution in [2.24, 2.45) is 0 Å². The van der Waals surface area contributed by atoms with Gasteiger partial charge in [-0.3, -0.25) is 4.79 Å². The lowest BCUT2D eigenvalue weighted by Gasteiger charge is -2.17. The molecule has 0 aliphatic carbocycles. The van der Waals surface area contributed by atoms with Crippen molar-refractivity contribution in [3.63, 3.8) is 0 Å². The van der Waals surface area contributed by atoms with Crippen LogP contribution in [-0.4, -0.2) is 18.5 Å². The van der Waals surface area contributed by atoms with Gasteiger partial charge in [0.25, 0.3) is 0 Å². The molecule has 1 fully saturated rings. The van der Waals surface area contributed by atoms with E-state index in [1.165, 1.54) is 0 Å². The molecule has 5 heteroatoms. The fourth-order valence-electron chi connectivity index (χ4n) is 2.08. The average molecular weight is 334 g/mol. The minimum Gasteiger partial charge on any atom is -0.348 e. The van der Waals surface area contributed by atoms with Crippen LogP contribution in [0.2, 0.25) is 0 Å². The normalized spacial score (nSPS) is 20.0. The summed E-state index contributed by atoms with van der Waals surface area (Å²) in [6, 6.07) is 8.06. The van der Waals surface area contributed by atoms with Crippen molar-refractivity contribution in [2.45, 2.75) is 31.8 Å². The summed E-state index contributed by atoms with van der Waals surface area (Å²) < 4.78 is 1.04. The summed E-state index contributed by atoms with van der Waals surface area (Å²) >= 11 is 3.44. The molecule has 18 heavy (non-hydrogen) atoms. The Balaban J connectivity index is 0.00000162. The molecule has 0 bridgehead atoms. The first-order valence-corrected chi connectivity index (χ1v) is 6.75. The van der Waals surface area contributed by atoms with Gasteiger partial charge in [0.15, 0.2) is 0 Å². The van der Waals surface area contributed by atoms with Crippen LogP contribution in [-0.2, 0) is 4.79 Å². The molecule has 2 N–H and O–H groups in total. The van der Waals surface area contributed by atoms with Gasteiger partial charge in [-0.1, -0.05) is 28.1 Å². The van der Waals surface area contributed by atoms with E-state index in [2.05, 4.69) is 26.6 Å². The number of rotatable bonds is 3. The van der Waals surface area contributed by atoms with Gasteiger partial charge in [-0.05, 0) is 44.0 Å². The molecule has 2 atom stereocenters. The highest BCUT2D eigenvalue weighted by Gasteiger charge is 2.23. The third-order valence-electron chi connectivity index (χ3n) is 3.08. The first-order valence-electron chi connectivity index (χ1n) is 5.96. The summed E-state index contributed by atoms with van der Waals surface area (Å²) in [4.78, 5) is 11.9. The molecule has 1 amide bonds. The van der Waals surface area contributed by atoms with Crippen molar-refractivity contribution < 1.29 is 4.79 Å². The predicted octanol–water partition coefficient (Wildman–Crippen LogP) is 2.80. The lowest BCUT2D eigenvalue weighted by atomic mass is 10.1. The van der Waals surface area contributed by atoms with Crippen LogP contribution in [0.15, 0.2) is 28.7 Å². The number of amides is 1. The summed E-state index contributed by atoms with van der Waals surface area (Å²) in [7, 11) is 0. The molecule has 1 aromatic carbocycles. The predicted molar refractivity (Wildman–Crippen MR) is 79.0 cm³/mol. The van der Waals surface area contributed by atoms with E-state index in [-0.39, 0.29) is 30.4 Å². The molecule has 0 spiro atoms. The first kappa shape index (κ1) is 15.5. The maximum absolute atomic E-state index is 11.9. The molecule has 1 aliphatic heterocycles. The lowest BCUT2D eigenvalue weighted by Crippen LogP contribution is -2.41. The fraction of sp³-hybridized carbons (Fsp3) is 0.462. The second-order valence-electron chi connectivity index (χ2n) is 4.43. The van der Waals surface area contributed by atoms with Gasteiger partial charge >= 0.3 is 0 Å². The van der Waals surface area contributed by atoms with Crippen LogP contribution in [0.4, 0.5) is 0 Å². The van der Waals surface area contributed by atoms with Crippen molar-refractivity contribution in [3.8, 4) is 0 Å². The molecule has 1 aliphatic rings. The molecule has 0 saturated carbocycles. The number of hydrogen-bond acceptors (Lipinski definition) is 2. The molecule has 2 unspecified atom stereocenters. The van der Waals surface area contributed by atoms with Gasteiger partial charge < -0.3 is 10.6 Å². The Kier molecular flexibility index (Phi) is 6.12. The van der Waals surface area contributed by atoms with Gasteiger partial charge in [0, 0.05) is 4.47 Å².